The standard InChI is InChI=1S/C14H30N2/c1-4-14(8-5-9-14)16-12-6-7-13(2,3)10-11-15/h16H,4-12,15H2,1-3H3. The minimum atomic E-state index is 0.426. The topological polar surface area (TPSA) is 38.0 Å². The van der Waals surface area contributed by atoms with Crippen molar-refractivity contribution in [2.45, 2.75) is 71.3 Å². The van der Waals surface area contributed by atoms with Crippen molar-refractivity contribution in [2.75, 3.05) is 13.1 Å². The van der Waals surface area contributed by atoms with Gasteiger partial charge in [-0.05, 0) is 63.5 Å². The molecule has 0 atom stereocenters. The van der Waals surface area contributed by atoms with E-state index in [1.165, 1.54) is 45.1 Å². The smallest absolute Gasteiger partial charge is 0.0178 e. The van der Waals surface area contributed by atoms with E-state index in [-0.39, 0.29) is 0 Å². The number of nitrogens with one attached hydrogen (secondary N) is 1. The number of nitrogens with two attached hydrogens (primary N) is 1. The van der Waals surface area contributed by atoms with Crippen molar-refractivity contribution in [3.63, 3.8) is 0 Å². The molecule has 0 unspecified atom stereocenters. The molecule has 0 amide bonds. The van der Waals surface area contributed by atoms with Crippen LogP contribution in [0.4, 0.5) is 0 Å². The van der Waals surface area contributed by atoms with E-state index in [4.69, 9.17) is 5.73 Å². The van der Waals surface area contributed by atoms with Gasteiger partial charge in [0.2, 0.25) is 0 Å². The van der Waals surface area contributed by atoms with Gasteiger partial charge in [0.15, 0.2) is 0 Å². The van der Waals surface area contributed by atoms with E-state index in [9.17, 15) is 0 Å². The van der Waals surface area contributed by atoms with Crippen LogP contribution in [0.1, 0.15) is 65.7 Å². The van der Waals surface area contributed by atoms with Crippen LogP contribution in [0.5, 0.6) is 0 Å². The fourth-order valence-electron chi connectivity index (χ4n) is 2.70. The van der Waals surface area contributed by atoms with Crippen molar-refractivity contribution >= 4 is 0 Å². The average molecular weight is 226 g/mol. The predicted octanol–water partition coefficient (Wildman–Crippen LogP) is 3.06. The summed E-state index contributed by atoms with van der Waals surface area (Å²) in [5.74, 6) is 0. The minimum absolute atomic E-state index is 0.426. The highest BCUT2D eigenvalue weighted by Crippen LogP contribution is 2.34. The highest BCUT2D eigenvalue weighted by Gasteiger charge is 2.33. The third kappa shape index (κ3) is 4.06. The molecule has 0 aromatic rings. The summed E-state index contributed by atoms with van der Waals surface area (Å²) < 4.78 is 0. The van der Waals surface area contributed by atoms with E-state index in [0.717, 1.165) is 13.0 Å². The van der Waals surface area contributed by atoms with E-state index in [0.29, 0.717) is 11.0 Å². The van der Waals surface area contributed by atoms with Gasteiger partial charge in [-0.25, -0.2) is 0 Å². The molecule has 2 nitrogen and oxygen atoms in total. The van der Waals surface area contributed by atoms with Crippen molar-refractivity contribution in [1.82, 2.24) is 5.32 Å². The fourth-order valence-corrected chi connectivity index (χ4v) is 2.70. The molecule has 0 saturated heterocycles. The molecule has 1 saturated carbocycles. The summed E-state index contributed by atoms with van der Waals surface area (Å²) in [5, 5.41) is 3.77. The molecule has 16 heavy (non-hydrogen) atoms. The first-order valence-corrected chi connectivity index (χ1v) is 6.99. The third-order valence-corrected chi connectivity index (χ3v) is 4.34. The summed E-state index contributed by atoms with van der Waals surface area (Å²) in [6.07, 6.45) is 9.20. The lowest BCUT2D eigenvalue weighted by atomic mass is 9.74. The maximum absolute atomic E-state index is 5.62. The lowest BCUT2D eigenvalue weighted by Gasteiger charge is -2.42. The van der Waals surface area contributed by atoms with Crippen molar-refractivity contribution in [3.05, 3.63) is 0 Å². The molecule has 3 N–H and O–H groups in total. The summed E-state index contributed by atoms with van der Waals surface area (Å²) >= 11 is 0. The van der Waals surface area contributed by atoms with Crippen LogP contribution in [0, 0.1) is 5.41 Å². The lowest BCUT2D eigenvalue weighted by Crippen LogP contribution is -2.50. The second-order valence-corrected chi connectivity index (χ2v) is 6.22. The first-order valence-electron chi connectivity index (χ1n) is 6.99. The van der Waals surface area contributed by atoms with Crippen LogP contribution >= 0.6 is 0 Å². The van der Waals surface area contributed by atoms with E-state index in [1.54, 1.807) is 0 Å². The van der Waals surface area contributed by atoms with Gasteiger partial charge in [-0.3, -0.25) is 0 Å². The summed E-state index contributed by atoms with van der Waals surface area (Å²) in [6, 6.07) is 0. The summed E-state index contributed by atoms with van der Waals surface area (Å²) in [7, 11) is 0. The third-order valence-electron chi connectivity index (χ3n) is 4.34. The molecule has 2 heteroatoms. The Hall–Kier alpha value is -0.0800. The molecule has 1 rings (SSSR count). The van der Waals surface area contributed by atoms with Gasteiger partial charge >= 0.3 is 0 Å². The Bertz CT molecular complexity index is 189. The molecule has 1 aliphatic carbocycles. The SMILES string of the molecule is CCC1(NCCCC(C)(C)CCN)CCC1. The van der Waals surface area contributed by atoms with Crippen molar-refractivity contribution in [3.8, 4) is 0 Å². The quantitative estimate of drug-likeness (QED) is 0.624. The molecule has 0 heterocycles. The molecule has 1 fully saturated rings. The highest BCUT2D eigenvalue weighted by atomic mass is 15.0. The normalized spacial score (nSPS) is 19.5. The zero-order valence-corrected chi connectivity index (χ0v) is 11.4. The molecular weight excluding hydrogens is 196 g/mol. The van der Waals surface area contributed by atoms with Gasteiger partial charge in [0.1, 0.15) is 0 Å². The summed E-state index contributed by atoms with van der Waals surface area (Å²) in [4.78, 5) is 0. The molecule has 96 valence electrons. The monoisotopic (exact) mass is 226 g/mol. The van der Waals surface area contributed by atoms with Crippen molar-refractivity contribution in [1.29, 1.82) is 0 Å². The van der Waals surface area contributed by atoms with Crippen molar-refractivity contribution in [2.24, 2.45) is 11.1 Å². The number of rotatable bonds is 8. The van der Waals surface area contributed by atoms with Crippen molar-refractivity contribution < 1.29 is 0 Å². The maximum atomic E-state index is 5.62. The Morgan fingerprint density at radius 3 is 2.38 bits per heavy atom. The van der Waals surface area contributed by atoms with E-state index in [1.807, 2.05) is 0 Å². The molecule has 0 radical (unpaired) electrons. The fraction of sp³-hybridized carbons (Fsp3) is 1.00. The molecule has 0 aliphatic heterocycles. The van der Waals surface area contributed by atoms with Gasteiger partial charge in [-0.1, -0.05) is 20.8 Å². The molecule has 0 spiro atoms. The minimum Gasteiger partial charge on any atom is -0.330 e. The second-order valence-electron chi connectivity index (χ2n) is 6.22. The summed E-state index contributed by atoms with van der Waals surface area (Å²) in [5.41, 5.74) is 6.56. The van der Waals surface area contributed by atoms with Crippen LogP contribution in [-0.4, -0.2) is 18.6 Å². The van der Waals surface area contributed by atoms with Gasteiger partial charge in [0.25, 0.3) is 0 Å². The van der Waals surface area contributed by atoms with Gasteiger partial charge in [0.05, 0.1) is 0 Å². The first kappa shape index (κ1) is 14.0. The second kappa shape index (κ2) is 6.02. The van der Waals surface area contributed by atoms with Crippen LogP contribution in [-0.2, 0) is 0 Å². The Morgan fingerprint density at radius 2 is 1.94 bits per heavy atom. The Morgan fingerprint density at radius 1 is 1.25 bits per heavy atom. The van der Waals surface area contributed by atoms with Gasteiger partial charge < -0.3 is 11.1 Å². The van der Waals surface area contributed by atoms with Crippen LogP contribution in [0.2, 0.25) is 0 Å². The largest absolute Gasteiger partial charge is 0.330 e. The first-order chi connectivity index (χ1) is 7.54. The molecular formula is C14H30N2. The zero-order valence-electron chi connectivity index (χ0n) is 11.4. The Labute approximate surface area is 101 Å². The van der Waals surface area contributed by atoms with Gasteiger partial charge in [-0.2, -0.15) is 0 Å². The van der Waals surface area contributed by atoms with Crippen LogP contribution in [0.25, 0.3) is 0 Å². The molecule has 0 aromatic carbocycles. The van der Waals surface area contributed by atoms with E-state index >= 15 is 0 Å². The molecule has 1 aliphatic rings. The Kier molecular flexibility index (Phi) is 5.26. The average Bonchev–Trinajstić information content (AvgIpc) is 2.15. The Balaban J connectivity index is 2.11. The molecule has 0 aromatic heterocycles. The molecule has 0 bridgehead atoms. The van der Waals surface area contributed by atoms with Gasteiger partial charge in [0, 0.05) is 5.54 Å². The number of hydrogen-bond acceptors (Lipinski definition) is 2. The van der Waals surface area contributed by atoms with E-state index < -0.39 is 0 Å². The predicted molar refractivity (Wildman–Crippen MR) is 71.6 cm³/mol. The summed E-state index contributed by atoms with van der Waals surface area (Å²) in [6.45, 7) is 8.98. The van der Waals surface area contributed by atoms with Crippen LogP contribution in [0.15, 0.2) is 0 Å². The number of hydrogen-bond donors (Lipinski definition) is 2. The van der Waals surface area contributed by atoms with Crippen LogP contribution in [0.3, 0.4) is 0 Å². The lowest BCUT2D eigenvalue weighted by molar-refractivity contribution is 0.173. The van der Waals surface area contributed by atoms with Crippen LogP contribution < -0.4 is 11.1 Å². The van der Waals surface area contributed by atoms with Gasteiger partial charge in [-0.15, -0.1) is 0 Å². The zero-order chi connectivity index (χ0) is 12.1. The maximum Gasteiger partial charge on any atom is 0.0178 e. The van der Waals surface area contributed by atoms with E-state index in [2.05, 4.69) is 26.1 Å². The highest BCUT2D eigenvalue weighted by molar-refractivity contribution is 4.94.